The monoisotopic (exact) mass is 419 g/mol. The zero-order valence-corrected chi connectivity index (χ0v) is 18.6. The normalized spacial score (nSPS) is 17.6. The van der Waals surface area contributed by atoms with E-state index in [9.17, 15) is 9.90 Å². The molecule has 5 heteroatoms. The van der Waals surface area contributed by atoms with E-state index in [0.29, 0.717) is 37.1 Å². The first-order chi connectivity index (χ1) is 15.0. The molecular weight excluding hydrogens is 386 g/mol. The number of hydrogen-bond acceptors (Lipinski definition) is 4. The van der Waals surface area contributed by atoms with Crippen LogP contribution in [0.4, 0.5) is 0 Å². The molecule has 1 aliphatic heterocycles. The van der Waals surface area contributed by atoms with Gasteiger partial charge in [-0.05, 0) is 49.4 Å². The molecule has 0 aliphatic carbocycles. The van der Waals surface area contributed by atoms with Gasteiger partial charge in [0.1, 0.15) is 5.82 Å². The van der Waals surface area contributed by atoms with Gasteiger partial charge in [0.2, 0.25) is 0 Å². The fraction of sp³-hybridized carbons (Fsp3) is 0.462. The SMILES string of the molecule is CCc1nc2ccccc2c(=O)n1CC1(O)CCN(CCC(C)c2ccccc2)CC1. The van der Waals surface area contributed by atoms with Crippen molar-refractivity contribution in [1.29, 1.82) is 0 Å². The van der Waals surface area contributed by atoms with Gasteiger partial charge in [-0.3, -0.25) is 9.36 Å². The number of piperidine rings is 1. The van der Waals surface area contributed by atoms with Gasteiger partial charge in [-0.25, -0.2) is 4.98 Å². The van der Waals surface area contributed by atoms with Gasteiger partial charge in [0.05, 0.1) is 23.0 Å². The topological polar surface area (TPSA) is 58.4 Å². The number of aryl methyl sites for hydroxylation is 1. The highest BCUT2D eigenvalue weighted by Crippen LogP contribution is 2.26. The predicted octanol–water partition coefficient (Wildman–Crippen LogP) is 3.98. The summed E-state index contributed by atoms with van der Waals surface area (Å²) in [6, 6.07) is 18.1. The number of likely N-dealkylation sites (tertiary alicyclic amines) is 1. The van der Waals surface area contributed by atoms with Crippen molar-refractivity contribution in [1.82, 2.24) is 14.5 Å². The quantitative estimate of drug-likeness (QED) is 0.629. The van der Waals surface area contributed by atoms with Gasteiger partial charge in [0, 0.05) is 19.5 Å². The summed E-state index contributed by atoms with van der Waals surface area (Å²) in [5, 5.41) is 11.9. The molecule has 1 unspecified atom stereocenters. The molecular formula is C26H33N3O2. The molecule has 1 N–H and O–H groups in total. The van der Waals surface area contributed by atoms with Gasteiger partial charge in [-0.1, -0.05) is 56.3 Å². The molecule has 0 amide bonds. The molecule has 1 aliphatic rings. The lowest BCUT2D eigenvalue weighted by molar-refractivity contribution is -0.0356. The molecule has 0 saturated carbocycles. The first-order valence-electron chi connectivity index (χ1n) is 11.5. The first kappa shape index (κ1) is 21.7. The second kappa shape index (κ2) is 9.33. The van der Waals surface area contributed by atoms with Gasteiger partial charge < -0.3 is 10.0 Å². The summed E-state index contributed by atoms with van der Waals surface area (Å²) in [4.78, 5) is 20.2. The van der Waals surface area contributed by atoms with Crippen LogP contribution in [0.3, 0.4) is 0 Å². The highest BCUT2D eigenvalue weighted by Gasteiger charge is 2.33. The lowest BCUT2D eigenvalue weighted by atomic mass is 9.90. The van der Waals surface area contributed by atoms with Crippen LogP contribution < -0.4 is 5.56 Å². The molecule has 3 aromatic rings. The van der Waals surface area contributed by atoms with Crippen molar-refractivity contribution in [2.45, 2.75) is 57.6 Å². The van der Waals surface area contributed by atoms with Crippen LogP contribution in [0.5, 0.6) is 0 Å². The van der Waals surface area contributed by atoms with E-state index >= 15 is 0 Å². The zero-order valence-electron chi connectivity index (χ0n) is 18.6. The number of nitrogens with zero attached hydrogens (tertiary/aromatic N) is 3. The lowest BCUT2D eigenvalue weighted by Gasteiger charge is -2.39. The summed E-state index contributed by atoms with van der Waals surface area (Å²) in [5.41, 5.74) is 1.20. The van der Waals surface area contributed by atoms with E-state index in [2.05, 4.69) is 47.1 Å². The molecule has 1 saturated heterocycles. The summed E-state index contributed by atoms with van der Waals surface area (Å²) < 4.78 is 1.70. The summed E-state index contributed by atoms with van der Waals surface area (Å²) in [7, 11) is 0. The lowest BCUT2D eigenvalue weighted by Crippen LogP contribution is -2.48. The van der Waals surface area contributed by atoms with Gasteiger partial charge >= 0.3 is 0 Å². The summed E-state index contributed by atoms with van der Waals surface area (Å²) in [6.07, 6.45) is 3.13. The molecule has 2 heterocycles. The molecule has 1 atom stereocenters. The van der Waals surface area contributed by atoms with Crippen molar-refractivity contribution in [2.24, 2.45) is 0 Å². The standard InChI is InChI=1S/C26H33N3O2/c1-3-24-27-23-12-8-7-11-22(23)25(30)29(24)19-26(31)14-17-28(18-15-26)16-13-20(2)21-9-5-4-6-10-21/h4-12,20,31H,3,13-19H2,1-2H3. The van der Waals surface area contributed by atoms with Crippen LogP contribution in [0.1, 0.15) is 50.4 Å². The summed E-state index contributed by atoms with van der Waals surface area (Å²) in [6.45, 7) is 7.35. The van der Waals surface area contributed by atoms with Crippen molar-refractivity contribution in [3.8, 4) is 0 Å². The smallest absolute Gasteiger partial charge is 0.261 e. The molecule has 31 heavy (non-hydrogen) atoms. The third-order valence-electron chi connectivity index (χ3n) is 6.74. The van der Waals surface area contributed by atoms with E-state index in [-0.39, 0.29) is 5.56 Å². The molecule has 164 valence electrons. The molecule has 2 aromatic carbocycles. The third-order valence-corrected chi connectivity index (χ3v) is 6.74. The fourth-order valence-corrected chi connectivity index (χ4v) is 4.62. The largest absolute Gasteiger partial charge is 0.388 e. The highest BCUT2D eigenvalue weighted by molar-refractivity contribution is 5.77. The van der Waals surface area contributed by atoms with Crippen molar-refractivity contribution in [2.75, 3.05) is 19.6 Å². The Morgan fingerprint density at radius 1 is 1.06 bits per heavy atom. The zero-order chi connectivity index (χ0) is 21.8. The molecule has 4 rings (SSSR count). The Labute approximate surface area is 184 Å². The highest BCUT2D eigenvalue weighted by atomic mass is 16.3. The van der Waals surface area contributed by atoms with E-state index in [4.69, 9.17) is 0 Å². The maximum absolute atomic E-state index is 13.1. The average molecular weight is 420 g/mol. The van der Waals surface area contributed by atoms with Crippen LogP contribution in [0.25, 0.3) is 10.9 Å². The second-order valence-corrected chi connectivity index (χ2v) is 8.96. The van der Waals surface area contributed by atoms with E-state index in [1.807, 2.05) is 31.2 Å². The molecule has 0 bridgehead atoms. The fourth-order valence-electron chi connectivity index (χ4n) is 4.62. The number of para-hydroxylation sites is 1. The molecule has 0 radical (unpaired) electrons. The van der Waals surface area contributed by atoms with Crippen molar-refractivity contribution >= 4 is 10.9 Å². The number of fused-ring (bicyclic) bond motifs is 1. The number of hydrogen-bond donors (Lipinski definition) is 1. The van der Waals surface area contributed by atoms with E-state index < -0.39 is 5.60 Å². The molecule has 1 fully saturated rings. The maximum Gasteiger partial charge on any atom is 0.261 e. The first-order valence-corrected chi connectivity index (χ1v) is 11.5. The predicted molar refractivity (Wildman–Crippen MR) is 125 cm³/mol. The van der Waals surface area contributed by atoms with Crippen LogP contribution in [-0.2, 0) is 13.0 Å². The van der Waals surface area contributed by atoms with Gasteiger partial charge in [0.25, 0.3) is 5.56 Å². The molecule has 1 aromatic heterocycles. The van der Waals surface area contributed by atoms with Crippen molar-refractivity contribution in [3.05, 3.63) is 76.3 Å². The minimum Gasteiger partial charge on any atom is -0.388 e. The number of benzene rings is 2. The number of aromatic nitrogens is 2. The summed E-state index contributed by atoms with van der Waals surface area (Å²) in [5.74, 6) is 1.27. The number of rotatable bonds is 7. The second-order valence-electron chi connectivity index (χ2n) is 8.96. The van der Waals surface area contributed by atoms with E-state index in [1.54, 1.807) is 4.57 Å². The Bertz CT molecular complexity index is 1070. The van der Waals surface area contributed by atoms with Crippen LogP contribution >= 0.6 is 0 Å². The van der Waals surface area contributed by atoms with Crippen LogP contribution in [-0.4, -0.2) is 44.8 Å². The Balaban J connectivity index is 1.40. The van der Waals surface area contributed by atoms with Gasteiger partial charge in [0.15, 0.2) is 0 Å². The maximum atomic E-state index is 13.1. The Morgan fingerprint density at radius 3 is 2.45 bits per heavy atom. The minimum atomic E-state index is -0.862. The van der Waals surface area contributed by atoms with E-state index in [0.717, 1.165) is 37.4 Å². The van der Waals surface area contributed by atoms with Gasteiger partial charge in [-0.2, -0.15) is 0 Å². The van der Waals surface area contributed by atoms with Crippen LogP contribution in [0.2, 0.25) is 0 Å². The summed E-state index contributed by atoms with van der Waals surface area (Å²) >= 11 is 0. The molecule has 5 nitrogen and oxygen atoms in total. The van der Waals surface area contributed by atoms with Crippen LogP contribution in [0.15, 0.2) is 59.4 Å². The van der Waals surface area contributed by atoms with Crippen molar-refractivity contribution < 1.29 is 5.11 Å². The minimum absolute atomic E-state index is 0.0463. The van der Waals surface area contributed by atoms with Crippen LogP contribution in [0, 0.1) is 0 Å². The van der Waals surface area contributed by atoms with Crippen molar-refractivity contribution in [3.63, 3.8) is 0 Å². The van der Waals surface area contributed by atoms with Gasteiger partial charge in [-0.15, -0.1) is 0 Å². The Morgan fingerprint density at radius 2 is 1.74 bits per heavy atom. The average Bonchev–Trinajstić information content (AvgIpc) is 2.81. The Hall–Kier alpha value is -2.50. The number of aliphatic hydroxyl groups is 1. The van der Waals surface area contributed by atoms with E-state index in [1.165, 1.54) is 5.56 Å². The molecule has 0 spiro atoms. The third kappa shape index (κ3) is 4.89. The Kier molecular flexibility index (Phi) is 6.54.